The third-order valence-corrected chi connectivity index (χ3v) is 5.98. The van der Waals surface area contributed by atoms with Gasteiger partial charge in [0, 0.05) is 25.7 Å². The number of carbonyl (C=O) groups is 1. The molecule has 0 aromatic heterocycles. The molecule has 4 nitrogen and oxygen atoms in total. The van der Waals surface area contributed by atoms with Crippen LogP contribution in [0.25, 0.3) is 0 Å². The van der Waals surface area contributed by atoms with Gasteiger partial charge >= 0.3 is 6.18 Å². The lowest BCUT2D eigenvalue weighted by Crippen LogP contribution is -2.48. The van der Waals surface area contributed by atoms with Crippen molar-refractivity contribution in [1.29, 1.82) is 0 Å². The number of hydrogen-bond acceptors (Lipinski definition) is 3. The van der Waals surface area contributed by atoms with Gasteiger partial charge in [-0.25, -0.2) is 0 Å². The molecule has 2 fully saturated rings. The Hall–Kier alpha value is -1.60. The first-order valence-corrected chi connectivity index (χ1v) is 10.1. The number of rotatable bonds is 6. The zero-order chi connectivity index (χ0) is 20.5. The Balaban J connectivity index is 1.57. The van der Waals surface area contributed by atoms with Gasteiger partial charge in [0.1, 0.15) is 0 Å². The largest absolute Gasteiger partial charge is 0.416 e. The van der Waals surface area contributed by atoms with Crippen LogP contribution >= 0.6 is 0 Å². The van der Waals surface area contributed by atoms with E-state index in [0.717, 1.165) is 32.0 Å². The van der Waals surface area contributed by atoms with E-state index in [4.69, 9.17) is 5.73 Å². The average molecular weight is 397 g/mol. The number of fused-ring (bicyclic) bond motifs is 1. The van der Waals surface area contributed by atoms with E-state index in [9.17, 15) is 18.0 Å². The Morgan fingerprint density at radius 3 is 2.71 bits per heavy atom. The van der Waals surface area contributed by atoms with Crippen molar-refractivity contribution in [3.8, 4) is 0 Å². The maximum absolute atomic E-state index is 12.9. The molecule has 4 atom stereocenters. The number of amides is 1. The van der Waals surface area contributed by atoms with Crippen molar-refractivity contribution in [2.24, 2.45) is 23.5 Å². The lowest BCUT2D eigenvalue weighted by Gasteiger charge is -2.24. The maximum atomic E-state index is 12.9. The second-order valence-corrected chi connectivity index (χ2v) is 8.74. The fourth-order valence-electron chi connectivity index (χ4n) is 4.67. The zero-order valence-electron chi connectivity index (χ0n) is 16.5. The number of benzene rings is 1. The van der Waals surface area contributed by atoms with Gasteiger partial charge in [-0.15, -0.1) is 0 Å². The molecule has 1 aliphatic carbocycles. The highest BCUT2D eigenvalue weighted by Crippen LogP contribution is 2.39. The average Bonchev–Trinajstić information content (AvgIpc) is 3.15. The van der Waals surface area contributed by atoms with Crippen molar-refractivity contribution in [1.82, 2.24) is 10.2 Å². The second kappa shape index (κ2) is 8.41. The first-order valence-electron chi connectivity index (χ1n) is 10.1. The topological polar surface area (TPSA) is 58.4 Å². The van der Waals surface area contributed by atoms with Crippen LogP contribution in [0.5, 0.6) is 0 Å². The van der Waals surface area contributed by atoms with Crippen LogP contribution in [0, 0.1) is 17.8 Å². The molecule has 0 bridgehead atoms. The molecule has 1 saturated heterocycles. The van der Waals surface area contributed by atoms with Crippen LogP contribution in [0.4, 0.5) is 13.2 Å². The van der Waals surface area contributed by atoms with Crippen molar-refractivity contribution < 1.29 is 18.0 Å². The molecule has 1 aliphatic heterocycles. The summed E-state index contributed by atoms with van der Waals surface area (Å²) < 4.78 is 38.8. The van der Waals surface area contributed by atoms with E-state index in [2.05, 4.69) is 10.2 Å². The van der Waals surface area contributed by atoms with Crippen LogP contribution in [0.1, 0.15) is 44.2 Å². The van der Waals surface area contributed by atoms with Crippen molar-refractivity contribution in [2.75, 3.05) is 13.1 Å². The number of likely N-dealkylation sites (tertiary alicyclic amines) is 1. The Kier molecular flexibility index (Phi) is 6.34. The predicted molar refractivity (Wildman–Crippen MR) is 102 cm³/mol. The molecule has 0 spiro atoms. The predicted octanol–water partition coefficient (Wildman–Crippen LogP) is 3.41. The number of alkyl halides is 3. The van der Waals surface area contributed by atoms with Crippen LogP contribution in [-0.4, -0.2) is 36.0 Å². The lowest BCUT2D eigenvalue weighted by molar-refractivity contribution is -0.137. The number of nitrogens with two attached hydrogens (primary N) is 1. The third kappa shape index (κ3) is 5.06. The maximum Gasteiger partial charge on any atom is 0.416 e. The zero-order valence-corrected chi connectivity index (χ0v) is 16.5. The van der Waals surface area contributed by atoms with Gasteiger partial charge in [0.2, 0.25) is 5.91 Å². The summed E-state index contributed by atoms with van der Waals surface area (Å²) in [5, 5.41) is 3.13. The van der Waals surface area contributed by atoms with Crippen LogP contribution in [0.3, 0.4) is 0 Å². The molecule has 2 aliphatic rings. The molecule has 0 unspecified atom stereocenters. The van der Waals surface area contributed by atoms with Crippen LogP contribution in [-0.2, 0) is 17.5 Å². The van der Waals surface area contributed by atoms with Gasteiger partial charge in [-0.1, -0.05) is 32.0 Å². The van der Waals surface area contributed by atoms with E-state index in [1.807, 2.05) is 13.8 Å². The minimum Gasteiger partial charge on any atom is -0.352 e. The molecule has 1 heterocycles. The van der Waals surface area contributed by atoms with Gasteiger partial charge in [-0.2, -0.15) is 13.2 Å². The van der Waals surface area contributed by atoms with Crippen molar-refractivity contribution >= 4 is 5.91 Å². The Morgan fingerprint density at radius 1 is 1.29 bits per heavy atom. The number of nitrogens with zero attached hydrogens (tertiary/aromatic N) is 1. The molecule has 1 amide bonds. The normalized spacial score (nSPS) is 26.5. The SMILES string of the molecule is CC(C)C[C@@H](N)C(=O)N[C@H]1CC[C@@H]2CN(Cc3cccc(C(F)(F)F)c3)C[C@@H]21. The second-order valence-electron chi connectivity index (χ2n) is 8.74. The van der Waals surface area contributed by atoms with E-state index < -0.39 is 17.8 Å². The number of hydrogen-bond donors (Lipinski definition) is 2. The van der Waals surface area contributed by atoms with Gasteiger partial charge in [0.25, 0.3) is 0 Å². The highest BCUT2D eigenvalue weighted by Gasteiger charge is 2.43. The highest BCUT2D eigenvalue weighted by molar-refractivity contribution is 5.81. The number of carbonyl (C=O) groups excluding carboxylic acids is 1. The van der Waals surface area contributed by atoms with Gasteiger partial charge in [0.15, 0.2) is 0 Å². The fraction of sp³-hybridized carbons (Fsp3) is 0.667. The van der Waals surface area contributed by atoms with E-state index in [-0.39, 0.29) is 11.9 Å². The number of halogens is 3. The molecule has 1 saturated carbocycles. The minimum atomic E-state index is -4.32. The smallest absolute Gasteiger partial charge is 0.352 e. The van der Waals surface area contributed by atoms with Crippen molar-refractivity contribution in [3.63, 3.8) is 0 Å². The molecule has 3 rings (SSSR count). The van der Waals surface area contributed by atoms with Crippen LogP contribution in [0.2, 0.25) is 0 Å². The molecule has 156 valence electrons. The van der Waals surface area contributed by atoms with Crippen LogP contribution < -0.4 is 11.1 Å². The molecule has 1 aromatic rings. The molecule has 28 heavy (non-hydrogen) atoms. The monoisotopic (exact) mass is 397 g/mol. The summed E-state index contributed by atoms with van der Waals surface area (Å²) in [5.41, 5.74) is 6.07. The molecule has 3 N–H and O–H groups in total. The Bertz CT molecular complexity index is 692. The summed E-state index contributed by atoms with van der Waals surface area (Å²) in [4.78, 5) is 14.6. The first kappa shape index (κ1) is 21.1. The standard InChI is InChI=1S/C21H30F3N3O/c1-13(2)8-18(25)20(28)26-19-7-6-15-11-27(12-17(15)19)10-14-4-3-5-16(9-14)21(22,23)24/h3-5,9,13,15,17-19H,6-8,10-12,25H2,1-2H3,(H,26,28)/t15-,17+,18-,19+/m1/s1. The van der Waals surface area contributed by atoms with Gasteiger partial charge < -0.3 is 11.1 Å². The molecule has 1 aromatic carbocycles. The van der Waals surface area contributed by atoms with E-state index >= 15 is 0 Å². The summed E-state index contributed by atoms with van der Waals surface area (Å²) in [6.07, 6.45) is -1.67. The van der Waals surface area contributed by atoms with Gasteiger partial charge in [-0.05, 0) is 48.6 Å². The van der Waals surface area contributed by atoms with Crippen molar-refractivity contribution in [3.05, 3.63) is 35.4 Å². The minimum absolute atomic E-state index is 0.0873. The Morgan fingerprint density at radius 2 is 2.04 bits per heavy atom. The number of nitrogens with one attached hydrogen (secondary N) is 1. The molecular formula is C21H30F3N3O. The molecular weight excluding hydrogens is 367 g/mol. The third-order valence-electron chi connectivity index (χ3n) is 5.98. The van der Waals surface area contributed by atoms with Gasteiger partial charge in [-0.3, -0.25) is 9.69 Å². The quantitative estimate of drug-likeness (QED) is 0.774. The summed E-state index contributed by atoms with van der Waals surface area (Å²) in [5.74, 6) is 1.11. The summed E-state index contributed by atoms with van der Waals surface area (Å²) >= 11 is 0. The molecule has 7 heteroatoms. The Labute approximate surface area is 164 Å². The van der Waals surface area contributed by atoms with E-state index in [1.165, 1.54) is 12.1 Å². The van der Waals surface area contributed by atoms with E-state index in [0.29, 0.717) is 36.3 Å². The van der Waals surface area contributed by atoms with Crippen molar-refractivity contribution in [2.45, 2.75) is 57.9 Å². The first-order chi connectivity index (χ1) is 13.1. The fourth-order valence-corrected chi connectivity index (χ4v) is 4.67. The van der Waals surface area contributed by atoms with Crippen LogP contribution in [0.15, 0.2) is 24.3 Å². The summed E-state index contributed by atoms with van der Waals surface area (Å²) in [7, 11) is 0. The van der Waals surface area contributed by atoms with E-state index in [1.54, 1.807) is 6.07 Å². The summed E-state index contributed by atoms with van der Waals surface area (Å²) in [6, 6.07) is 5.18. The highest BCUT2D eigenvalue weighted by atomic mass is 19.4. The summed E-state index contributed by atoms with van der Waals surface area (Å²) in [6.45, 7) is 6.25. The molecule has 0 radical (unpaired) electrons. The van der Waals surface area contributed by atoms with Gasteiger partial charge in [0.05, 0.1) is 11.6 Å². The lowest BCUT2D eigenvalue weighted by atomic mass is 9.97.